The number of phenols is 1. The Kier molecular flexibility index (Phi) is 3.34. The Labute approximate surface area is 111 Å². The van der Waals surface area contributed by atoms with Crippen LogP contribution in [-0.4, -0.2) is 39.5 Å². The lowest BCUT2D eigenvalue weighted by atomic mass is 10.2. The van der Waals surface area contributed by atoms with Crippen molar-refractivity contribution >= 4 is 29.3 Å². The number of benzene rings is 1. The van der Waals surface area contributed by atoms with Gasteiger partial charge in [0.05, 0.1) is 0 Å². The molecule has 0 unspecified atom stereocenters. The summed E-state index contributed by atoms with van der Waals surface area (Å²) in [4.78, 5) is 15.4. The molecule has 1 aromatic carbocycles. The Morgan fingerprint density at radius 3 is 2.44 bits per heavy atom. The Morgan fingerprint density at radius 1 is 1.33 bits per heavy atom. The highest BCUT2D eigenvalue weighted by Gasteiger charge is 2.34. The highest BCUT2D eigenvalue weighted by molar-refractivity contribution is 7.80. The minimum atomic E-state index is -0.0851. The zero-order chi connectivity index (χ0) is 13.3. The molecule has 1 amide bonds. The second-order valence-electron chi connectivity index (χ2n) is 4.01. The number of nitrogens with zero attached hydrogens (tertiary/aromatic N) is 2. The number of phenolic OH excluding ortho intramolecular Hbond substituents is 1. The van der Waals surface area contributed by atoms with E-state index in [2.05, 4.69) is 0 Å². The maximum atomic E-state index is 12.1. The number of hydrogen-bond acceptors (Lipinski definition) is 3. The maximum Gasteiger partial charge on any atom is 0.276 e. The number of rotatable bonds is 2. The molecule has 94 valence electrons. The summed E-state index contributed by atoms with van der Waals surface area (Å²) in [5.74, 6) is 0.118. The van der Waals surface area contributed by atoms with Gasteiger partial charge in [0.15, 0.2) is 5.11 Å². The number of thiocarbonyl (C=S) groups is 1. The van der Waals surface area contributed by atoms with Gasteiger partial charge in [0.25, 0.3) is 5.91 Å². The van der Waals surface area contributed by atoms with Gasteiger partial charge in [0.2, 0.25) is 0 Å². The van der Waals surface area contributed by atoms with Crippen LogP contribution in [0.15, 0.2) is 30.0 Å². The van der Waals surface area contributed by atoms with Crippen LogP contribution in [0, 0.1) is 0 Å². The van der Waals surface area contributed by atoms with Crippen molar-refractivity contribution in [3.8, 4) is 5.75 Å². The predicted octanol–water partition coefficient (Wildman–Crippen LogP) is 1.81. The molecular weight excluding hydrogens is 248 g/mol. The number of hydrogen-bond donors (Lipinski definition) is 1. The smallest absolute Gasteiger partial charge is 0.276 e. The quantitative estimate of drug-likeness (QED) is 0.652. The predicted molar refractivity (Wildman–Crippen MR) is 73.8 cm³/mol. The number of aromatic hydroxyl groups is 1. The molecule has 0 saturated carbocycles. The molecule has 0 aromatic heterocycles. The summed E-state index contributed by atoms with van der Waals surface area (Å²) in [5.41, 5.74) is 1.40. The Bertz CT molecular complexity index is 522. The molecule has 1 N–H and O–H groups in total. The monoisotopic (exact) mass is 262 g/mol. The van der Waals surface area contributed by atoms with Gasteiger partial charge in [-0.1, -0.05) is 12.1 Å². The fraction of sp³-hybridized carbons (Fsp3) is 0.231. The number of likely N-dealkylation sites (N-methyl/N-ethyl adjacent to an activating group) is 2. The average molecular weight is 262 g/mol. The van der Waals surface area contributed by atoms with Gasteiger partial charge in [-0.05, 0) is 42.9 Å². The molecule has 0 atom stereocenters. The summed E-state index contributed by atoms with van der Waals surface area (Å²) in [7, 11) is 1.78. The number of carbonyl (C=O) groups is 1. The van der Waals surface area contributed by atoms with Crippen LogP contribution in [0.1, 0.15) is 12.5 Å². The average Bonchev–Trinajstić information content (AvgIpc) is 2.56. The van der Waals surface area contributed by atoms with E-state index in [1.54, 1.807) is 47.2 Å². The van der Waals surface area contributed by atoms with E-state index in [0.717, 1.165) is 5.56 Å². The van der Waals surface area contributed by atoms with Crippen molar-refractivity contribution in [3.05, 3.63) is 35.5 Å². The molecule has 0 spiro atoms. The van der Waals surface area contributed by atoms with E-state index >= 15 is 0 Å². The van der Waals surface area contributed by atoms with E-state index in [1.807, 2.05) is 6.92 Å². The number of carbonyl (C=O) groups excluding carboxylic acids is 1. The third kappa shape index (κ3) is 2.09. The van der Waals surface area contributed by atoms with E-state index in [9.17, 15) is 9.90 Å². The molecule has 0 bridgehead atoms. The van der Waals surface area contributed by atoms with Gasteiger partial charge < -0.3 is 10.0 Å². The molecule has 0 aliphatic carbocycles. The van der Waals surface area contributed by atoms with Gasteiger partial charge in [-0.3, -0.25) is 9.69 Å². The van der Waals surface area contributed by atoms with E-state index in [0.29, 0.717) is 17.4 Å². The molecule has 1 aliphatic rings. The molecule has 1 aromatic rings. The van der Waals surface area contributed by atoms with E-state index in [1.165, 1.54) is 0 Å². The molecule has 1 aliphatic heterocycles. The fourth-order valence-corrected chi connectivity index (χ4v) is 2.13. The SMILES string of the molecule is CCN1C(=O)/C(=C\c2ccc(O)cc2)N(C)C1=S. The van der Waals surface area contributed by atoms with Crippen molar-refractivity contribution in [3.63, 3.8) is 0 Å². The Hall–Kier alpha value is -1.88. The molecular formula is C13H14N2O2S. The summed E-state index contributed by atoms with van der Waals surface area (Å²) in [6, 6.07) is 6.67. The van der Waals surface area contributed by atoms with Crippen molar-refractivity contribution < 1.29 is 9.90 Å². The molecule has 1 saturated heterocycles. The Balaban J connectivity index is 2.36. The summed E-state index contributed by atoms with van der Waals surface area (Å²) < 4.78 is 0. The molecule has 0 radical (unpaired) electrons. The molecule has 18 heavy (non-hydrogen) atoms. The maximum absolute atomic E-state index is 12.1. The van der Waals surface area contributed by atoms with E-state index < -0.39 is 0 Å². The molecule has 1 heterocycles. The number of amides is 1. The first kappa shape index (κ1) is 12.6. The van der Waals surface area contributed by atoms with Crippen LogP contribution in [0.4, 0.5) is 0 Å². The summed E-state index contributed by atoms with van der Waals surface area (Å²) in [5, 5.41) is 9.74. The van der Waals surface area contributed by atoms with E-state index in [-0.39, 0.29) is 11.7 Å². The molecule has 2 rings (SSSR count). The van der Waals surface area contributed by atoms with Crippen molar-refractivity contribution in [2.75, 3.05) is 13.6 Å². The van der Waals surface area contributed by atoms with Crippen molar-refractivity contribution in [1.29, 1.82) is 0 Å². The van der Waals surface area contributed by atoms with Crippen LogP contribution in [0.2, 0.25) is 0 Å². The first-order valence-corrected chi connectivity index (χ1v) is 6.05. The van der Waals surface area contributed by atoms with Gasteiger partial charge in [0.1, 0.15) is 11.4 Å². The van der Waals surface area contributed by atoms with Crippen molar-refractivity contribution in [1.82, 2.24) is 9.80 Å². The van der Waals surface area contributed by atoms with Crippen LogP contribution in [0.25, 0.3) is 6.08 Å². The van der Waals surface area contributed by atoms with Crippen LogP contribution in [-0.2, 0) is 4.79 Å². The van der Waals surface area contributed by atoms with Gasteiger partial charge >= 0.3 is 0 Å². The fourth-order valence-electron chi connectivity index (χ4n) is 1.82. The lowest BCUT2D eigenvalue weighted by Gasteiger charge is -2.13. The lowest BCUT2D eigenvalue weighted by Crippen LogP contribution is -2.30. The normalized spacial score (nSPS) is 18.0. The van der Waals surface area contributed by atoms with Gasteiger partial charge in [-0.15, -0.1) is 0 Å². The van der Waals surface area contributed by atoms with Crippen LogP contribution in [0.5, 0.6) is 5.75 Å². The largest absolute Gasteiger partial charge is 0.508 e. The first-order valence-electron chi connectivity index (χ1n) is 5.65. The third-order valence-electron chi connectivity index (χ3n) is 2.86. The highest BCUT2D eigenvalue weighted by atomic mass is 32.1. The van der Waals surface area contributed by atoms with Crippen LogP contribution >= 0.6 is 12.2 Å². The van der Waals surface area contributed by atoms with Crippen molar-refractivity contribution in [2.45, 2.75) is 6.92 Å². The first-order chi connectivity index (χ1) is 8.54. The molecule has 4 nitrogen and oxygen atoms in total. The second kappa shape index (κ2) is 4.78. The summed E-state index contributed by atoms with van der Waals surface area (Å²) in [6.07, 6.45) is 1.77. The van der Waals surface area contributed by atoms with Gasteiger partial charge in [-0.2, -0.15) is 0 Å². The van der Waals surface area contributed by atoms with Crippen LogP contribution in [0.3, 0.4) is 0 Å². The van der Waals surface area contributed by atoms with Gasteiger partial charge in [-0.25, -0.2) is 0 Å². The van der Waals surface area contributed by atoms with Crippen molar-refractivity contribution in [2.24, 2.45) is 0 Å². The highest BCUT2D eigenvalue weighted by Crippen LogP contribution is 2.22. The lowest BCUT2D eigenvalue weighted by molar-refractivity contribution is -0.122. The second-order valence-corrected chi connectivity index (χ2v) is 4.38. The zero-order valence-corrected chi connectivity index (χ0v) is 11.1. The van der Waals surface area contributed by atoms with Crippen LogP contribution < -0.4 is 0 Å². The molecule has 5 heteroatoms. The Morgan fingerprint density at radius 2 is 1.94 bits per heavy atom. The standard InChI is InChI=1S/C13H14N2O2S/c1-3-15-12(17)11(14(2)13(15)18)8-9-4-6-10(16)7-5-9/h4-8,16H,3H2,1-2H3/b11-8+. The minimum Gasteiger partial charge on any atom is -0.508 e. The van der Waals surface area contributed by atoms with Gasteiger partial charge in [0, 0.05) is 13.6 Å². The zero-order valence-electron chi connectivity index (χ0n) is 10.3. The van der Waals surface area contributed by atoms with E-state index in [4.69, 9.17) is 12.2 Å². The minimum absolute atomic E-state index is 0.0851. The third-order valence-corrected chi connectivity index (χ3v) is 3.35. The summed E-state index contributed by atoms with van der Waals surface area (Å²) in [6.45, 7) is 2.45. The topological polar surface area (TPSA) is 43.8 Å². The summed E-state index contributed by atoms with van der Waals surface area (Å²) >= 11 is 5.20. The molecule has 1 fully saturated rings.